The van der Waals surface area contributed by atoms with Crippen LogP contribution in [-0.4, -0.2) is 68.6 Å². The molecule has 0 spiro atoms. The Labute approximate surface area is 123 Å². The maximum atomic E-state index is 11.6. The van der Waals surface area contributed by atoms with Gasteiger partial charge in [-0.2, -0.15) is 0 Å². The second-order valence-electron chi connectivity index (χ2n) is 6.41. The summed E-state index contributed by atoms with van der Waals surface area (Å²) in [5.74, 6) is 0.794. The first-order valence-electron chi connectivity index (χ1n) is 7.86. The molecule has 3 N–H and O–H groups in total. The van der Waals surface area contributed by atoms with Gasteiger partial charge in [-0.05, 0) is 59.3 Å². The molecule has 0 aromatic rings. The fourth-order valence-electron chi connectivity index (χ4n) is 2.46. The van der Waals surface area contributed by atoms with Crippen molar-refractivity contribution in [1.82, 2.24) is 15.1 Å². The maximum Gasteiger partial charge on any atom is 0.220 e. The number of hydrogen-bond donors (Lipinski definition) is 2. The monoisotopic (exact) mass is 284 g/mol. The summed E-state index contributed by atoms with van der Waals surface area (Å²) in [4.78, 5) is 16.4. The highest BCUT2D eigenvalue weighted by molar-refractivity contribution is 5.75. The molecular formula is C15H32N4O. The van der Waals surface area contributed by atoms with Gasteiger partial charge in [0.25, 0.3) is 0 Å². The molecular weight excluding hydrogens is 252 g/mol. The third kappa shape index (κ3) is 7.82. The lowest BCUT2D eigenvalue weighted by Gasteiger charge is -2.32. The number of amides is 1. The molecule has 5 nitrogen and oxygen atoms in total. The molecule has 0 bridgehead atoms. The summed E-state index contributed by atoms with van der Waals surface area (Å²) in [6.07, 6.45) is 3.72. The number of piperidine rings is 1. The quantitative estimate of drug-likeness (QED) is 0.681. The van der Waals surface area contributed by atoms with Gasteiger partial charge >= 0.3 is 0 Å². The van der Waals surface area contributed by atoms with E-state index in [1.807, 2.05) is 6.92 Å². The lowest BCUT2D eigenvalue weighted by Crippen LogP contribution is -2.41. The van der Waals surface area contributed by atoms with Gasteiger partial charge in [0.15, 0.2) is 0 Å². The molecule has 0 aromatic heterocycles. The van der Waals surface area contributed by atoms with Gasteiger partial charge in [0.05, 0.1) is 0 Å². The second kappa shape index (κ2) is 9.32. The minimum atomic E-state index is 0.112. The molecule has 1 aliphatic rings. The van der Waals surface area contributed by atoms with Crippen molar-refractivity contribution in [3.8, 4) is 0 Å². The number of nitrogens with two attached hydrogens (primary N) is 1. The second-order valence-corrected chi connectivity index (χ2v) is 6.41. The number of carbonyl (C=O) groups is 1. The van der Waals surface area contributed by atoms with Crippen molar-refractivity contribution >= 4 is 5.91 Å². The first-order chi connectivity index (χ1) is 9.47. The average molecular weight is 284 g/mol. The zero-order valence-corrected chi connectivity index (χ0v) is 13.4. The van der Waals surface area contributed by atoms with Crippen molar-refractivity contribution in [2.24, 2.45) is 11.7 Å². The Morgan fingerprint density at radius 1 is 1.40 bits per heavy atom. The number of likely N-dealkylation sites (tertiary alicyclic amines) is 1. The van der Waals surface area contributed by atoms with Gasteiger partial charge in [0.2, 0.25) is 5.91 Å². The highest BCUT2D eigenvalue weighted by Crippen LogP contribution is 2.16. The van der Waals surface area contributed by atoms with E-state index in [4.69, 9.17) is 5.73 Å². The van der Waals surface area contributed by atoms with E-state index in [1.165, 1.54) is 12.8 Å². The van der Waals surface area contributed by atoms with E-state index in [-0.39, 0.29) is 11.9 Å². The van der Waals surface area contributed by atoms with E-state index >= 15 is 0 Å². The van der Waals surface area contributed by atoms with Crippen LogP contribution in [0.1, 0.15) is 32.6 Å². The van der Waals surface area contributed by atoms with Gasteiger partial charge in [-0.3, -0.25) is 4.79 Å². The molecule has 0 aliphatic carbocycles. The molecule has 0 radical (unpaired) electrons. The maximum absolute atomic E-state index is 11.6. The average Bonchev–Trinajstić information content (AvgIpc) is 2.41. The minimum Gasteiger partial charge on any atom is -0.356 e. The van der Waals surface area contributed by atoms with Gasteiger partial charge in [-0.1, -0.05) is 0 Å². The lowest BCUT2D eigenvalue weighted by atomic mass is 9.96. The fourth-order valence-corrected chi connectivity index (χ4v) is 2.46. The van der Waals surface area contributed by atoms with Crippen LogP contribution in [0.5, 0.6) is 0 Å². The molecule has 20 heavy (non-hydrogen) atoms. The van der Waals surface area contributed by atoms with Crippen molar-refractivity contribution in [3.63, 3.8) is 0 Å². The summed E-state index contributed by atoms with van der Waals surface area (Å²) in [7, 11) is 4.23. The van der Waals surface area contributed by atoms with E-state index < -0.39 is 0 Å². The summed E-state index contributed by atoms with van der Waals surface area (Å²) in [5.41, 5.74) is 5.66. The molecule has 118 valence electrons. The molecule has 1 aliphatic heterocycles. The van der Waals surface area contributed by atoms with E-state index in [9.17, 15) is 4.79 Å². The van der Waals surface area contributed by atoms with Crippen LogP contribution in [0, 0.1) is 5.92 Å². The summed E-state index contributed by atoms with van der Waals surface area (Å²) in [5, 5.41) is 3.05. The van der Waals surface area contributed by atoms with Crippen LogP contribution in [0.25, 0.3) is 0 Å². The number of nitrogens with zero attached hydrogens (tertiary/aromatic N) is 2. The zero-order valence-electron chi connectivity index (χ0n) is 13.4. The Hall–Kier alpha value is -0.650. The summed E-state index contributed by atoms with van der Waals surface area (Å²) in [6, 6.07) is 0.112. The summed E-state index contributed by atoms with van der Waals surface area (Å²) in [6.45, 7) is 7.37. The van der Waals surface area contributed by atoms with E-state index in [0.29, 0.717) is 12.3 Å². The van der Waals surface area contributed by atoms with Gasteiger partial charge in [-0.25, -0.2) is 0 Å². The lowest BCUT2D eigenvalue weighted by molar-refractivity contribution is -0.121. The van der Waals surface area contributed by atoms with Crippen LogP contribution < -0.4 is 11.1 Å². The van der Waals surface area contributed by atoms with Crippen molar-refractivity contribution in [3.05, 3.63) is 0 Å². The Bertz CT molecular complexity index is 273. The first-order valence-corrected chi connectivity index (χ1v) is 7.86. The number of hydrogen-bond acceptors (Lipinski definition) is 4. The largest absolute Gasteiger partial charge is 0.356 e. The highest BCUT2D eigenvalue weighted by Gasteiger charge is 2.19. The van der Waals surface area contributed by atoms with Crippen LogP contribution in [0.2, 0.25) is 0 Å². The van der Waals surface area contributed by atoms with E-state index in [2.05, 4.69) is 29.2 Å². The number of rotatable bonds is 8. The molecule has 1 amide bonds. The highest BCUT2D eigenvalue weighted by atomic mass is 16.1. The normalized spacial score (nSPS) is 19.2. The number of nitrogens with one attached hydrogen (secondary N) is 1. The molecule has 1 rings (SSSR count). The van der Waals surface area contributed by atoms with Gasteiger partial charge in [-0.15, -0.1) is 0 Å². The number of likely N-dealkylation sites (N-methyl/N-ethyl adjacent to an activating group) is 1. The van der Waals surface area contributed by atoms with Crippen LogP contribution >= 0.6 is 0 Å². The van der Waals surface area contributed by atoms with Crippen LogP contribution in [0.4, 0.5) is 0 Å². The minimum absolute atomic E-state index is 0.112. The Morgan fingerprint density at radius 2 is 2.05 bits per heavy atom. The zero-order chi connectivity index (χ0) is 15.0. The molecule has 1 fully saturated rings. The summed E-state index contributed by atoms with van der Waals surface area (Å²) >= 11 is 0. The third-order valence-electron chi connectivity index (χ3n) is 3.99. The van der Waals surface area contributed by atoms with Crippen molar-refractivity contribution in [2.45, 2.75) is 38.6 Å². The first kappa shape index (κ1) is 17.4. The molecule has 0 saturated carbocycles. The van der Waals surface area contributed by atoms with Crippen molar-refractivity contribution < 1.29 is 4.79 Å². The van der Waals surface area contributed by atoms with Gasteiger partial charge < -0.3 is 20.9 Å². The van der Waals surface area contributed by atoms with Crippen LogP contribution in [-0.2, 0) is 4.79 Å². The molecule has 1 saturated heterocycles. The van der Waals surface area contributed by atoms with Gasteiger partial charge in [0, 0.05) is 32.1 Å². The predicted molar refractivity (Wildman–Crippen MR) is 83.6 cm³/mol. The van der Waals surface area contributed by atoms with Crippen molar-refractivity contribution in [1.29, 1.82) is 0 Å². The Morgan fingerprint density at radius 3 is 2.60 bits per heavy atom. The standard InChI is InChI=1S/C15H32N4O/c1-13(16)4-5-15(20)17-12-14-6-8-19(9-7-14)11-10-18(2)3/h13-14H,4-12,16H2,1-3H3,(H,17,20). The summed E-state index contributed by atoms with van der Waals surface area (Å²) < 4.78 is 0. The predicted octanol–water partition coefficient (Wildman–Crippen LogP) is 0.504. The Balaban J connectivity index is 2.08. The van der Waals surface area contributed by atoms with Crippen LogP contribution in [0.15, 0.2) is 0 Å². The van der Waals surface area contributed by atoms with Crippen molar-refractivity contribution in [2.75, 3.05) is 46.8 Å². The van der Waals surface area contributed by atoms with E-state index in [1.54, 1.807) is 0 Å². The molecule has 1 unspecified atom stereocenters. The topological polar surface area (TPSA) is 61.6 Å². The molecule has 1 atom stereocenters. The molecule has 0 aromatic carbocycles. The fraction of sp³-hybridized carbons (Fsp3) is 0.933. The van der Waals surface area contributed by atoms with Crippen LogP contribution in [0.3, 0.4) is 0 Å². The Kier molecular flexibility index (Phi) is 8.11. The molecule has 1 heterocycles. The third-order valence-corrected chi connectivity index (χ3v) is 3.99. The van der Waals surface area contributed by atoms with E-state index in [0.717, 1.165) is 39.1 Å². The van der Waals surface area contributed by atoms with Gasteiger partial charge in [0.1, 0.15) is 0 Å². The smallest absolute Gasteiger partial charge is 0.220 e. The SMILES string of the molecule is CC(N)CCC(=O)NCC1CCN(CCN(C)C)CC1. The molecule has 5 heteroatoms. The number of carbonyl (C=O) groups excluding carboxylic acids is 1.